The second-order valence-corrected chi connectivity index (χ2v) is 6.26. The Morgan fingerprint density at radius 1 is 0.852 bits per heavy atom. The van der Waals surface area contributed by atoms with Crippen LogP contribution in [0.5, 0.6) is 0 Å². The van der Waals surface area contributed by atoms with Gasteiger partial charge in [0.2, 0.25) is 0 Å². The first kappa shape index (κ1) is 30.7. The molecule has 0 radical (unpaired) electrons. The first-order valence-corrected chi connectivity index (χ1v) is 9.15. The minimum Gasteiger partial charge on any atom is -0.469 e. The molecule has 0 N–H and O–H groups in total. The molecule has 0 aromatic carbocycles. The summed E-state index contributed by atoms with van der Waals surface area (Å²) >= 11 is 14.7. The Kier molecular flexibility index (Phi) is 20.8. The van der Waals surface area contributed by atoms with Gasteiger partial charge in [0.25, 0.3) is 0 Å². The molecule has 2 aliphatic rings. The standard InChI is InChI=1S/C9H11ClO2.C7H12O2.C2Cl2.2CH4/c1-12-8(11)9(6-7-10)4-2-3-5-9;1-9-7(8)6-4-2-3-5-6;3-1-2-4;;/h2-5H2,1H3;6H,2-5H2,1H3;;2*1H4. The van der Waals surface area contributed by atoms with Gasteiger partial charge in [0.05, 0.1) is 20.1 Å². The van der Waals surface area contributed by atoms with Crippen LogP contribution in [0.2, 0.25) is 0 Å². The Bertz CT molecular complexity index is 523. The largest absolute Gasteiger partial charge is 0.469 e. The quantitative estimate of drug-likeness (QED) is 0.394. The van der Waals surface area contributed by atoms with E-state index in [2.05, 4.69) is 20.8 Å². The summed E-state index contributed by atoms with van der Waals surface area (Å²) in [5.74, 6) is 2.70. The van der Waals surface area contributed by atoms with Gasteiger partial charge in [-0.2, -0.15) is 0 Å². The highest BCUT2D eigenvalue weighted by Gasteiger charge is 2.40. The molecule has 0 bridgehead atoms. The minimum absolute atomic E-state index is 0. The van der Waals surface area contributed by atoms with Crippen LogP contribution >= 0.6 is 34.8 Å². The molecule has 0 amide bonds. The third-order valence-corrected chi connectivity index (χ3v) is 4.63. The van der Waals surface area contributed by atoms with Crippen molar-refractivity contribution in [2.75, 3.05) is 14.2 Å². The number of carbonyl (C=O) groups is 2. The average molecular weight is 442 g/mol. The highest BCUT2D eigenvalue weighted by molar-refractivity contribution is 6.38. The van der Waals surface area contributed by atoms with Crippen molar-refractivity contribution in [2.24, 2.45) is 11.3 Å². The van der Waals surface area contributed by atoms with Gasteiger partial charge in [0.15, 0.2) is 0 Å². The average Bonchev–Trinajstić information content (AvgIpc) is 3.34. The number of esters is 2. The Balaban J connectivity index is -0.000000343. The molecule has 156 valence electrons. The van der Waals surface area contributed by atoms with Crippen LogP contribution in [0.3, 0.4) is 0 Å². The van der Waals surface area contributed by atoms with E-state index in [1.807, 2.05) is 10.8 Å². The Hall–Kier alpha value is -1.07. The van der Waals surface area contributed by atoms with E-state index < -0.39 is 5.41 Å². The first-order chi connectivity index (χ1) is 12.0. The molecule has 2 fully saturated rings. The maximum Gasteiger partial charge on any atom is 0.324 e. The van der Waals surface area contributed by atoms with Crippen LogP contribution in [0, 0.1) is 33.4 Å². The number of carbonyl (C=O) groups excluding carboxylic acids is 2. The van der Waals surface area contributed by atoms with E-state index in [9.17, 15) is 9.59 Å². The summed E-state index contributed by atoms with van der Waals surface area (Å²) in [6.07, 6.45) is 8.07. The zero-order valence-corrected chi connectivity index (χ0v) is 16.8. The lowest BCUT2D eigenvalue weighted by molar-refractivity contribution is -0.149. The molecule has 7 heteroatoms. The van der Waals surface area contributed by atoms with Crippen molar-refractivity contribution in [3.8, 4) is 22.1 Å². The summed E-state index contributed by atoms with van der Waals surface area (Å²) in [6.45, 7) is 0. The lowest BCUT2D eigenvalue weighted by atomic mass is 9.87. The van der Waals surface area contributed by atoms with Crippen molar-refractivity contribution in [2.45, 2.75) is 66.2 Å². The molecule has 0 atom stereocenters. The Morgan fingerprint density at radius 3 is 1.67 bits per heavy atom. The summed E-state index contributed by atoms with van der Waals surface area (Å²) < 4.78 is 9.29. The van der Waals surface area contributed by atoms with Crippen LogP contribution in [0.15, 0.2) is 0 Å². The molecule has 4 nitrogen and oxygen atoms in total. The normalized spacial score (nSPS) is 15.9. The molecular formula is C20H31Cl3O4. The van der Waals surface area contributed by atoms with Crippen molar-refractivity contribution in [1.29, 1.82) is 0 Å². The van der Waals surface area contributed by atoms with Crippen LogP contribution in [-0.4, -0.2) is 26.2 Å². The van der Waals surface area contributed by atoms with Crippen LogP contribution in [-0.2, 0) is 19.1 Å². The summed E-state index contributed by atoms with van der Waals surface area (Å²) in [5, 5.41) is 6.12. The number of rotatable bonds is 2. The molecule has 0 unspecified atom stereocenters. The van der Waals surface area contributed by atoms with E-state index in [1.54, 1.807) is 0 Å². The molecule has 0 aromatic heterocycles. The Morgan fingerprint density at radius 2 is 1.33 bits per heavy atom. The van der Waals surface area contributed by atoms with Crippen molar-refractivity contribution < 1.29 is 19.1 Å². The van der Waals surface area contributed by atoms with Gasteiger partial charge in [0, 0.05) is 16.1 Å². The maximum atomic E-state index is 11.3. The molecular weight excluding hydrogens is 411 g/mol. The van der Waals surface area contributed by atoms with Gasteiger partial charge in [-0.3, -0.25) is 9.59 Å². The fourth-order valence-electron chi connectivity index (χ4n) is 2.97. The predicted octanol–water partition coefficient (Wildman–Crippen LogP) is 5.92. The molecule has 0 aromatic rings. The van der Waals surface area contributed by atoms with Gasteiger partial charge < -0.3 is 9.47 Å². The molecule has 27 heavy (non-hydrogen) atoms. The highest BCUT2D eigenvalue weighted by atomic mass is 35.5. The number of halogens is 3. The zero-order chi connectivity index (χ0) is 19.1. The summed E-state index contributed by atoms with van der Waals surface area (Å²) in [4.78, 5) is 22.1. The maximum absolute atomic E-state index is 11.3. The van der Waals surface area contributed by atoms with Crippen molar-refractivity contribution in [1.82, 2.24) is 0 Å². The number of ether oxygens (including phenoxy) is 2. The highest BCUT2D eigenvalue weighted by Crippen LogP contribution is 2.38. The molecule has 2 saturated carbocycles. The van der Waals surface area contributed by atoms with Crippen molar-refractivity contribution >= 4 is 46.7 Å². The van der Waals surface area contributed by atoms with Gasteiger partial charge in [-0.15, -0.1) is 0 Å². The van der Waals surface area contributed by atoms with Crippen molar-refractivity contribution in [3.05, 3.63) is 0 Å². The molecule has 0 heterocycles. The van der Waals surface area contributed by atoms with Crippen LogP contribution in [0.4, 0.5) is 0 Å². The smallest absolute Gasteiger partial charge is 0.324 e. The third kappa shape index (κ3) is 11.4. The van der Waals surface area contributed by atoms with Gasteiger partial charge in [-0.25, -0.2) is 0 Å². The van der Waals surface area contributed by atoms with Gasteiger partial charge >= 0.3 is 11.9 Å². The molecule has 0 aliphatic heterocycles. The SMILES string of the molecule is C.C.COC(=O)C1(C#CCl)CCCC1.COC(=O)C1CCCC1.ClC#CCl. The van der Waals surface area contributed by atoms with E-state index in [4.69, 9.17) is 34.8 Å². The van der Waals surface area contributed by atoms with Crippen LogP contribution in [0.1, 0.15) is 66.2 Å². The minimum atomic E-state index is -0.601. The van der Waals surface area contributed by atoms with Gasteiger partial charge in [-0.1, -0.05) is 46.5 Å². The van der Waals surface area contributed by atoms with Gasteiger partial charge in [0.1, 0.15) is 5.41 Å². The Labute approximate surface area is 179 Å². The van der Waals surface area contributed by atoms with Crippen LogP contribution < -0.4 is 0 Å². The fourth-order valence-corrected chi connectivity index (χ4v) is 3.15. The van der Waals surface area contributed by atoms with Gasteiger partial charge in [-0.05, 0) is 60.5 Å². The topological polar surface area (TPSA) is 52.6 Å². The summed E-state index contributed by atoms with van der Waals surface area (Å²) in [6, 6.07) is 0. The summed E-state index contributed by atoms with van der Waals surface area (Å²) in [5.41, 5.74) is -0.601. The van der Waals surface area contributed by atoms with E-state index >= 15 is 0 Å². The zero-order valence-electron chi connectivity index (χ0n) is 14.5. The van der Waals surface area contributed by atoms with E-state index in [0.717, 1.165) is 38.5 Å². The molecule has 0 saturated heterocycles. The van der Waals surface area contributed by atoms with Crippen LogP contribution in [0.25, 0.3) is 0 Å². The first-order valence-electron chi connectivity index (χ1n) is 8.01. The number of hydrogen-bond donors (Lipinski definition) is 0. The summed E-state index contributed by atoms with van der Waals surface area (Å²) in [7, 11) is 2.85. The number of methoxy groups -OCH3 is 2. The monoisotopic (exact) mass is 440 g/mol. The molecule has 2 aliphatic carbocycles. The molecule has 0 spiro atoms. The number of hydrogen-bond acceptors (Lipinski definition) is 4. The van der Waals surface area contributed by atoms with Crippen molar-refractivity contribution in [3.63, 3.8) is 0 Å². The van der Waals surface area contributed by atoms with E-state index in [0.29, 0.717) is 0 Å². The lowest BCUT2D eigenvalue weighted by Gasteiger charge is -2.17. The van der Waals surface area contributed by atoms with E-state index in [-0.39, 0.29) is 32.7 Å². The second kappa shape index (κ2) is 18.3. The lowest BCUT2D eigenvalue weighted by Crippen LogP contribution is -2.27. The van der Waals surface area contributed by atoms with E-state index in [1.165, 1.54) is 27.1 Å². The third-order valence-electron chi connectivity index (χ3n) is 4.25. The second-order valence-electron chi connectivity index (χ2n) is 5.69. The fraction of sp³-hybridized carbons (Fsp3) is 0.700. The molecule has 2 rings (SSSR count). The predicted molar refractivity (Wildman–Crippen MR) is 113 cm³/mol.